The second-order valence-corrected chi connectivity index (χ2v) is 5.04. The van der Waals surface area contributed by atoms with Gasteiger partial charge in [-0.2, -0.15) is 4.98 Å². The van der Waals surface area contributed by atoms with Crippen molar-refractivity contribution in [1.29, 1.82) is 0 Å². The van der Waals surface area contributed by atoms with Crippen LogP contribution in [0.1, 0.15) is 11.7 Å². The van der Waals surface area contributed by atoms with Crippen molar-refractivity contribution >= 4 is 12.0 Å². The molecule has 8 nitrogen and oxygen atoms in total. The molecule has 0 spiro atoms. The molecule has 0 atom stereocenters. The molecule has 0 amide bonds. The minimum Gasteiger partial charge on any atom is -0.465 e. The second-order valence-electron chi connectivity index (χ2n) is 5.04. The summed E-state index contributed by atoms with van der Waals surface area (Å²) in [7, 11) is 0. The average molecular weight is 340 g/mol. The largest absolute Gasteiger partial charge is 0.465 e. The number of ether oxygens (including phenoxy) is 3. The highest BCUT2D eigenvalue weighted by Crippen LogP contribution is 2.35. The number of fused-ring (bicyclic) bond motifs is 1. The lowest BCUT2D eigenvalue weighted by Gasteiger charge is -1.97. The first-order valence-electron chi connectivity index (χ1n) is 7.39. The number of nitrogens with zero attached hydrogens (tertiary/aromatic N) is 2. The smallest absolute Gasteiger partial charge is 0.331 e. The van der Waals surface area contributed by atoms with Crippen LogP contribution in [0.2, 0.25) is 0 Å². The second kappa shape index (κ2) is 6.52. The maximum atomic E-state index is 11.6. The van der Waals surface area contributed by atoms with Gasteiger partial charge in [-0.25, -0.2) is 4.79 Å². The maximum Gasteiger partial charge on any atom is 0.331 e. The van der Waals surface area contributed by atoms with E-state index in [4.69, 9.17) is 23.2 Å². The lowest BCUT2D eigenvalue weighted by atomic mass is 10.2. The number of carbonyl (C=O) groups excluding carboxylic acids is 1. The number of esters is 1. The van der Waals surface area contributed by atoms with Crippen LogP contribution in [0.25, 0.3) is 17.5 Å². The molecule has 3 heterocycles. The molecule has 0 N–H and O–H groups in total. The summed E-state index contributed by atoms with van der Waals surface area (Å²) < 4.78 is 25.8. The Hall–Kier alpha value is -3.55. The zero-order valence-electron chi connectivity index (χ0n) is 12.9. The van der Waals surface area contributed by atoms with Gasteiger partial charge in [0.1, 0.15) is 5.76 Å². The van der Waals surface area contributed by atoms with Crippen molar-refractivity contribution in [2.24, 2.45) is 0 Å². The van der Waals surface area contributed by atoms with Crippen LogP contribution in [0.5, 0.6) is 11.5 Å². The predicted octanol–water partition coefficient (Wildman–Crippen LogP) is 2.81. The van der Waals surface area contributed by atoms with E-state index in [9.17, 15) is 4.79 Å². The summed E-state index contributed by atoms with van der Waals surface area (Å²) in [5.74, 6) is 1.87. The van der Waals surface area contributed by atoms with Gasteiger partial charge in [0.15, 0.2) is 18.1 Å². The van der Waals surface area contributed by atoms with Crippen molar-refractivity contribution in [3.63, 3.8) is 0 Å². The van der Waals surface area contributed by atoms with Gasteiger partial charge in [-0.1, -0.05) is 5.16 Å². The molecule has 0 aliphatic carbocycles. The van der Waals surface area contributed by atoms with Crippen LogP contribution < -0.4 is 9.47 Å². The van der Waals surface area contributed by atoms with Crippen LogP contribution >= 0.6 is 0 Å². The Labute approximate surface area is 141 Å². The molecule has 1 aliphatic rings. The SMILES string of the molecule is O=C(/C=C/c1ccco1)OCc1nc(-c2ccc3c(c2)OCO3)no1. The summed E-state index contributed by atoms with van der Waals surface area (Å²) >= 11 is 0. The Morgan fingerprint density at radius 2 is 2.16 bits per heavy atom. The molecule has 0 fully saturated rings. The topological polar surface area (TPSA) is 96.8 Å². The number of hydrogen-bond donors (Lipinski definition) is 0. The summed E-state index contributed by atoms with van der Waals surface area (Å²) in [4.78, 5) is 15.8. The Kier molecular flexibility index (Phi) is 3.91. The van der Waals surface area contributed by atoms with Gasteiger partial charge in [0.05, 0.1) is 6.26 Å². The van der Waals surface area contributed by atoms with Crippen molar-refractivity contribution in [3.05, 3.63) is 54.3 Å². The molecule has 1 aromatic carbocycles. The van der Waals surface area contributed by atoms with E-state index in [2.05, 4.69) is 10.1 Å². The van der Waals surface area contributed by atoms with E-state index in [-0.39, 0.29) is 19.3 Å². The highest BCUT2D eigenvalue weighted by Gasteiger charge is 2.16. The Morgan fingerprint density at radius 3 is 3.04 bits per heavy atom. The van der Waals surface area contributed by atoms with Crippen LogP contribution in [0.15, 0.2) is 51.6 Å². The summed E-state index contributed by atoms with van der Waals surface area (Å²) in [5, 5.41) is 3.87. The van der Waals surface area contributed by atoms with E-state index < -0.39 is 5.97 Å². The van der Waals surface area contributed by atoms with Crippen LogP contribution in [-0.4, -0.2) is 22.9 Å². The fourth-order valence-electron chi connectivity index (χ4n) is 2.18. The van der Waals surface area contributed by atoms with E-state index in [1.165, 1.54) is 18.4 Å². The van der Waals surface area contributed by atoms with Crippen molar-refractivity contribution in [1.82, 2.24) is 10.1 Å². The highest BCUT2D eigenvalue weighted by molar-refractivity contribution is 5.86. The number of carbonyl (C=O) groups is 1. The Bertz CT molecular complexity index is 913. The quantitative estimate of drug-likeness (QED) is 0.517. The fraction of sp³-hybridized carbons (Fsp3) is 0.118. The van der Waals surface area contributed by atoms with Gasteiger partial charge in [0.2, 0.25) is 12.6 Å². The standard InChI is InChI=1S/C17H12N2O6/c20-16(6-4-12-2-1-7-21-12)22-9-15-18-17(19-25-15)11-3-5-13-14(8-11)24-10-23-13/h1-8H,9-10H2/b6-4+. The van der Waals surface area contributed by atoms with Crippen LogP contribution in [0.3, 0.4) is 0 Å². The average Bonchev–Trinajstić information content (AvgIpc) is 3.39. The number of hydrogen-bond acceptors (Lipinski definition) is 8. The molecule has 0 saturated carbocycles. The Balaban J connectivity index is 1.37. The van der Waals surface area contributed by atoms with Gasteiger partial charge in [-0.05, 0) is 36.4 Å². The van der Waals surface area contributed by atoms with Gasteiger partial charge in [-0.3, -0.25) is 0 Å². The van der Waals surface area contributed by atoms with Gasteiger partial charge in [-0.15, -0.1) is 0 Å². The van der Waals surface area contributed by atoms with Crippen LogP contribution in [-0.2, 0) is 16.1 Å². The van der Waals surface area contributed by atoms with Crippen LogP contribution in [0, 0.1) is 0 Å². The molecule has 8 heteroatoms. The van der Waals surface area contributed by atoms with Crippen molar-refractivity contribution < 1.29 is 27.9 Å². The van der Waals surface area contributed by atoms with E-state index in [0.717, 1.165) is 0 Å². The van der Waals surface area contributed by atoms with Crippen molar-refractivity contribution in [2.45, 2.75) is 6.61 Å². The molecular weight excluding hydrogens is 328 g/mol. The lowest BCUT2D eigenvalue weighted by Crippen LogP contribution is -2.00. The zero-order valence-corrected chi connectivity index (χ0v) is 12.9. The molecule has 3 aromatic rings. The summed E-state index contributed by atoms with van der Waals surface area (Å²) in [6.45, 7) is 0.0661. The molecular formula is C17H12N2O6. The fourth-order valence-corrected chi connectivity index (χ4v) is 2.18. The monoisotopic (exact) mass is 340 g/mol. The first-order chi connectivity index (χ1) is 12.3. The van der Waals surface area contributed by atoms with E-state index in [0.29, 0.717) is 28.6 Å². The van der Waals surface area contributed by atoms with Crippen molar-refractivity contribution in [3.8, 4) is 22.9 Å². The maximum absolute atomic E-state index is 11.6. The van der Waals surface area contributed by atoms with E-state index in [1.807, 2.05) is 0 Å². The molecule has 25 heavy (non-hydrogen) atoms. The molecule has 1 aliphatic heterocycles. The Morgan fingerprint density at radius 1 is 1.24 bits per heavy atom. The third-order valence-corrected chi connectivity index (χ3v) is 3.36. The third kappa shape index (κ3) is 3.37. The molecule has 2 aromatic heterocycles. The van der Waals surface area contributed by atoms with Gasteiger partial charge >= 0.3 is 5.97 Å². The van der Waals surface area contributed by atoms with Gasteiger partial charge < -0.3 is 23.2 Å². The third-order valence-electron chi connectivity index (χ3n) is 3.36. The van der Waals surface area contributed by atoms with Gasteiger partial charge in [0.25, 0.3) is 5.89 Å². The summed E-state index contributed by atoms with van der Waals surface area (Å²) in [6, 6.07) is 8.77. The molecule has 0 bridgehead atoms. The minimum atomic E-state index is -0.542. The number of rotatable bonds is 5. The normalized spacial score (nSPS) is 12.6. The number of benzene rings is 1. The number of aromatic nitrogens is 2. The molecule has 126 valence electrons. The zero-order chi connectivity index (χ0) is 17.1. The highest BCUT2D eigenvalue weighted by atomic mass is 16.7. The van der Waals surface area contributed by atoms with Crippen molar-refractivity contribution in [2.75, 3.05) is 6.79 Å². The van der Waals surface area contributed by atoms with Gasteiger partial charge in [0, 0.05) is 11.6 Å². The van der Waals surface area contributed by atoms with Crippen LogP contribution in [0.4, 0.5) is 0 Å². The molecule has 0 radical (unpaired) electrons. The van der Waals surface area contributed by atoms with E-state index in [1.54, 1.807) is 30.3 Å². The summed E-state index contributed by atoms with van der Waals surface area (Å²) in [6.07, 6.45) is 4.28. The lowest BCUT2D eigenvalue weighted by molar-refractivity contribution is -0.139. The minimum absolute atomic E-state index is 0.126. The number of furan rings is 1. The predicted molar refractivity (Wildman–Crippen MR) is 83.4 cm³/mol. The summed E-state index contributed by atoms with van der Waals surface area (Å²) in [5.41, 5.74) is 0.711. The first kappa shape index (κ1) is 15.0. The molecule has 4 rings (SSSR count). The molecule has 0 unspecified atom stereocenters. The van der Waals surface area contributed by atoms with E-state index >= 15 is 0 Å². The molecule has 0 saturated heterocycles. The first-order valence-corrected chi connectivity index (χ1v) is 7.39.